The van der Waals surface area contributed by atoms with Crippen LogP contribution in [0.4, 0.5) is 0 Å². The predicted octanol–water partition coefficient (Wildman–Crippen LogP) is -3.39. The van der Waals surface area contributed by atoms with E-state index in [0.29, 0.717) is 0 Å². The molecule has 0 unspecified atom stereocenters. The standard InChI is InChI=1S/C8H17NO8S/c1-9(2)18(14,15)17-4-8(13)7(12)6(11)5(10)3-16-8/h5-7,10-13H,3-4H2,1-2H3/t5-,6-,7+,8-/m1/s1. The van der Waals surface area contributed by atoms with Gasteiger partial charge in [0, 0.05) is 14.1 Å². The first-order valence-electron chi connectivity index (χ1n) is 5.07. The fraction of sp³-hybridized carbons (Fsp3) is 1.00. The van der Waals surface area contributed by atoms with E-state index < -0.39 is 47.6 Å². The van der Waals surface area contributed by atoms with Crippen molar-refractivity contribution in [3.63, 3.8) is 0 Å². The highest BCUT2D eigenvalue weighted by atomic mass is 32.2. The molecular weight excluding hydrogens is 270 g/mol. The van der Waals surface area contributed by atoms with Crippen LogP contribution in [0.1, 0.15) is 0 Å². The van der Waals surface area contributed by atoms with Gasteiger partial charge in [0.05, 0.1) is 6.61 Å². The van der Waals surface area contributed by atoms with Crippen LogP contribution in [-0.2, 0) is 19.2 Å². The van der Waals surface area contributed by atoms with E-state index in [2.05, 4.69) is 4.18 Å². The smallest absolute Gasteiger partial charge is 0.338 e. The van der Waals surface area contributed by atoms with E-state index in [4.69, 9.17) is 4.74 Å². The molecule has 1 rings (SSSR count). The Balaban J connectivity index is 2.72. The maximum Gasteiger partial charge on any atom is 0.338 e. The Kier molecular flexibility index (Phi) is 4.67. The van der Waals surface area contributed by atoms with Gasteiger partial charge in [-0.2, -0.15) is 12.7 Å². The van der Waals surface area contributed by atoms with Crippen molar-refractivity contribution < 1.29 is 37.8 Å². The predicted molar refractivity (Wildman–Crippen MR) is 57.5 cm³/mol. The van der Waals surface area contributed by atoms with Crippen LogP contribution < -0.4 is 0 Å². The topological polar surface area (TPSA) is 137 Å². The lowest BCUT2D eigenvalue weighted by molar-refractivity contribution is -0.328. The second kappa shape index (κ2) is 5.35. The van der Waals surface area contributed by atoms with Gasteiger partial charge in [-0.15, -0.1) is 0 Å². The van der Waals surface area contributed by atoms with Crippen LogP contribution >= 0.6 is 0 Å². The molecular formula is C8H17NO8S. The second-order valence-electron chi connectivity index (χ2n) is 4.16. The fourth-order valence-electron chi connectivity index (χ4n) is 1.28. The molecule has 0 aromatic rings. The van der Waals surface area contributed by atoms with E-state index in [9.17, 15) is 28.8 Å². The average molecular weight is 287 g/mol. The van der Waals surface area contributed by atoms with Gasteiger partial charge in [0.2, 0.25) is 5.79 Å². The molecule has 108 valence electrons. The summed E-state index contributed by atoms with van der Waals surface area (Å²) in [6.07, 6.45) is -4.92. The summed E-state index contributed by atoms with van der Waals surface area (Å²) in [5.74, 6) is -2.40. The number of ether oxygens (including phenoxy) is 1. The zero-order valence-corrected chi connectivity index (χ0v) is 10.7. The molecule has 1 heterocycles. The molecule has 1 fully saturated rings. The summed E-state index contributed by atoms with van der Waals surface area (Å²) in [6, 6.07) is 0. The van der Waals surface area contributed by atoms with Crippen molar-refractivity contribution in [2.75, 3.05) is 27.3 Å². The number of rotatable bonds is 4. The summed E-state index contributed by atoms with van der Waals surface area (Å²) < 4.78 is 32.6. The molecule has 1 aliphatic heterocycles. The van der Waals surface area contributed by atoms with E-state index in [1.165, 1.54) is 14.1 Å². The van der Waals surface area contributed by atoms with Gasteiger partial charge in [0.1, 0.15) is 24.9 Å². The van der Waals surface area contributed by atoms with E-state index in [-0.39, 0.29) is 0 Å². The van der Waals surface area contributed by atoms with Crippen molar-refractivity contribution in [2.24, 2.45) is 0 Å². The summed E-state index contributed by atoms with van der Waals surface area (Å²) in [5, 5.41) is 37.9. The Bertz CT molecular complexity index is 385. The Morgan fingerprint density at radius 3 is 2.44 bits per heavy atom. The van der Waals surface area contributed by atoms with E-state index in [1.807, 2.05) is 0 Å². The fourth-order valence-corrected chi connectivity index (χ4v) is 1.81. The van der Waals surface area contributed by atoms with E-state index in [0.717, 1.165) is 4.31 Å². The highest BCUT2D eigenvalue weighted by molar-refractivity contribution is 7.84. The third kappa shape index (κ3) is 3.16. The number of nitrogens with zero attached hydrogens (tertiary/aromatic N) is 1. The zero-order valence-electron chi connectivity index (χ0n) is 9.92. The largest absolute Gasteiger partial charge is 0.388 e. The summed E-state index contributed by atoms with van der Waals surface area (Å²) >= 11 is 0. The van der Waals surface area contributed by atoms with Crippen LogP contribution in [0.15, 0.2) is 0 Å². The van der Waals surface area contributed by atoms with Crippen LogP contribution in [-0.4, -0.2) is 84.6 Å². The molecule has 18 heavy (non-hydrogen) atoms. The normalized spacial score (nSPS) is 38.1. The summed E-state index contributed by atoms with van der Waals surface area (Å²) in [6.45, 7) is -1.36. The number of aliphatic hydroxyl groups is 4. The minimum absolute atomic E-state index is 0.458. The lowest BCUT2D eigenvalue weighted by Gasteiger charge is -2.41. The maximum atomic E-state index is 11.3. The second-order valence-corrected chi connectivity index (χ2v) is 5.98. The van der Waals surface area contributed by atoms with Crippen molar-refractivity contribution in [1.29, 1.82) is 0 Å². The summed E-state index contributed by atoms with van der Waals surface area (Å²) in [4.78, 5) is 0. The molecule has 10 heteroatoms. The summed E-state index contributed by atoms with van der Waals surface area (Å²) in [7, 11) is -1.62. The van der Waals surface area contributed by atoms with Gasteiger partial charge in [-0.05, 0) is 0 Å². The minimum Gasteiger partial charge on any atom is -0.388 e. The Labute approximate surface area is 104 Å². The van der Waals surface area contributed by atoms with Crippen molar-refractivity contribution in [3.8, 4) is 0 Å². The third-order valence-electron chi connectivity index (χ3n) is 2.55. The first-order chi connectivity index (χ1) is 8.10. The molecule has 4 N–H and O–H groups in total. The van der Waals surface area contributed by atoms with Gasteiger partial charge in [-0.3, -0.25) is 4.18 Å². The Morgan fingerprint density at radius 2 is 1.94 bits per heavy atom. The number of hydrogen-bond donors (Lipinski definition) is 4. The van der Waals surface area contributed by atoms with Crippen molar-refractivity contribution in [1.82, 2.24) is 4.31 Å². The SMILES string of the molecule is CN(C)S(=O)(=O)OC[C@@]1(O)OC[C@@H](O)[C@@H](O)[C@@H]1O. The molecule has 0 spiro atoms. The van der Waals surface area contributed by atoms with Gasteiger partial charge in [-0.25, -0.2) is 0 Å². The molecule has 0 aromatic carbocycles. The molecule has 0 bridgehead atoms. The highest BCUT2D eigenvalue weighted by Crippen LogP contribution is 2.24. The van der Waals surface area contributed by atoms with Crippen LogP contribution in [0.5, 0.6) is 0 Å². The van der Waals surface area contributed by atoms with Gasteiger partial charge >= 0.3 is 10.3 Å². The van der Waals surface area contributed by atoms with Crippen molar-refractivity contribution in [2.45, 2.75) is 24.1 Å². The zero-order chi connectivity index (χ0) is 14.1. The molecule has 0 aliphatic carbocycles. The molecule has 4 atom stereocenters. The quantitative estimate of drug-likeness (QED) is 0.420. The highest BCUT2D eigenvalue weighted by Gasteiger charge is 2.49. The maximum absolute atomic E-state index is 11.3. The van der Waals surface area contributed by atoms with Gasteiger partial charge in [0.25, 0.3) is 0 Å². The first kappa shape index (κ1) is 15.7. The van der Waals surface area contributed by atoms with Crippen LogP contribution in [0.2, 0.25) is 0 Å². The van der Waals surface area contributed by atoms with Crippen LogP contribution in [0.25, 0.3) is 0 Å². The molecule has 0 aromatic heterocycles. The Morgan fingerprint density at radius 1 is 1.39 bits per heavy atom. The summed E-state index contributed by atoms with van der Waals surface area (Å²) in [5.41, 5.74) is 0. The molecule has 1 aliphatic rings. The monoisotopic (exact) mass is 287 g/mol. The van der Waals surface area contributed by atoms with Crippen LogP contribution in [0.3, 0.4) is 0 Å². The minimum atomic E-state index is -4.05. The lowest BCUT2D eigenvalue weighted by atomic mass is 9.98. The number of hydrogen-bond acceptors (Lipinski definition) is 8. The molecule has 0 amide bonds. The van der Waals surface area contributed by atoms with Crippen molar-refractivity contribution >= 4 is 10.3 Å². The average Bonchev–Trinajstić information content (AvgIpc) is 2.29. The molecule has 1 saturated heterocycles. The molecule has 0 saturated carbocycles. The first-order valence-corrected chi connectivity index (χ1v) is 6.44. The van der Waals surface area contributed by atoms with Gasteiger partial charge < -0.3 is 25.2 Å². The van der Waals surface area contributed by atoms with E-state index >= 15 is 0 Å². The van der Waals surface area contributed by atoms with Gasteiger partial charge in [0.15, 0.2) is 0 Å². The molecule has 0 radical (unpaired) electrons. The van der Waals surface area contributed by atoms with Crippen molar-refractivity contribution in [3.05, 3.63) is 0 Å². The molecule has 9 nitrogen and oxygen atoms in total. The van der Waals surface area contributed by atoms with Gasteiger partial charge in [-0.1, -0.05) is 0 Å². The van der Waals surface area contributed by atoms with E-state index in [1.54, 1.807) is 0 Å². The lowest BCUT2D eigenvalue weighted by Crippen LogP contribution is -2.63. The van der Waals surface area contributed by atoms with Crippen LogP contribution in [0, 0.1) is 0 Å². The number of aliphatic hydroxyl groups excluding tert-OH is 3. The Hall–Kier alpha value is -0.330. The third-order valence-corrected chi connectivity index (χ3v) is 3.86.